The van der Waals surface area contributed by atoms with E-state index in [1.54, 1.807) is 5.56 Å². The Balaban J connectivity index is 1.90. The molecule has 0 unspecified atom stereocenters. The summed E-state index contributed by atoms with van der Waals surface area (Å²) in [5.41, 5.74) is 5.92. The van der Waals surface area contributed by atoms with E-state index in [1.165, 1.54) is 44.2 Å². The Bertz CT molecular complexity index is 1280. The fraction of sp³-hybridized carbons (Fsp3) is 0.353. The summed E-state index contributed by atoms with van der Waals surface area (Å²) in [5, 5.41) is 6.41. The van der Waals surface area contributed by atoms with Gasteiger partial charge in [0.2, 0.25) is 0 Å². The molecule has 0 atom stereocenters. The van der Waals surface area contributed by atoms with E-state index in [2.05, 4.69) is 140 Å². The smallest absolute Gasteiger partial charge is 0.00107 e. The molecule has 0 radical (unpaired) electrons. The van der Waals surface area contributed by atoms with Gasteiger partial charge in [-0.2, -0.15) is 0 Å². The van der Waals surface area contributed by atoms with Crippen molar-refractivity contribution in [2.45, 2.75) is 78.0 Å². The van der Waals surface area contributed by atoms with Crippen molar-refractivity contribution in [3.8, 4) is 0 Å². The molecule has 0 aliphatic carbocycles. The van der Waals surface area contributed by atoms with Gasteiger partial charge in [-0.25, -0.2) is 0 Å². The molecule has 0 N–H and O–H groups in total. The van der Waals surface area contributed by atoms with Crippen LogP contribution in [0.5, 0.6) is 0 Å². The average molecular weight is 513 g/mol. The van der Waals surface area contributed by atoms with E-state index >= 15 is 0 Å². The van der Waals surface area contributed by atoms with Crippen LogP contribution in [-0.4, -0.2) is 10.3 Å². The lowest BCUT2D eigenvalue weighted by Crippen LogP contribution is -2.26. The Morgan fingerprint density at radius 1 is 0.556 bits per heavy atom. The summed E-state index contributed by atoms with van der Waals surface area (Å²) in [6.45, 7) is 19.2. The lowest BCUT2D eigenvalue weighted by atomic mass is 10.0. The highest BCUT2D eigenvalue weighted by Gasteiger charge is 2.35. The van der Waals surface area contributed by atoms with Gasteiger partial charge in [0.25, 0.3) is 0 Å². The van der Waals surface area contributed by atoms with Gasteiger partial charge >= 0.3 is 0 Å². The SMILES string of the molecule is Cc1ccccc1P(Cc1ccc2ccccc2c1CP(C(C)(C)C)C(C)(C)C)c1ccccc1C. The summed E-state index contributed by atoms with van der Waals surface area (Å²) in [6.07, 6.45) is 2.26. The van der Waals surface area contributed by atoms with Crippen LogP contribution in [0, 0.1) is 13.8 Å². The van der Waals surface area contributed by atoms with Crippen LogP contribution in [0.25, 0.3) is 10.8 Å². The molecular formula is C34H42P2. The third-order valence-corrected chi connectivity index (χ3v) is 13.9. The fourth-order valence-corrected chi connectivity index (χ4v) is 12.0. The molecule has 4 rings (SSSR count). The third kappa shape index (κ3) is 5.93. The summed E-state index contributed by atoms with van der Waals surface area (Å²) in [5.74, 6) is 0. The molecule has 2 heteroatoms. The second-order valence-electron chi connectivity index (χ2n) is 12.0. The van der Waals surface area contributed by atoms with Crippen molar-refractivity contribution in [2.24, 2.45) is 0 Å². The first-order valence-electron chi connectivity index (χ1n) is 13.1. The molecule has 0 aromatic heterocycles. The van der Waals surface area contributed by atoms with Crippen LogP contribution in [0.1, 0.15) is 63.8 Å². The zero-order valence-electron chi connectivity index (χ0n) is 23.4. The highest BCUT2D eigenvalue weighted by molar-refractivity contribution is 7.72. The van der Waals surface area contributed by atoms with Crippen LogP contribution in [0.2, 0.25) is 0 Å². The zero-order valence-corrected chi connectivity index (χ0v) is 25.2. The number of hydrogen-bond acceptors (Lipinski definition) is 0. The maximum atomic E-state index is 2.45. The van der Waals surface area contributed by atoms with Crippen molar-refractivity contribution in [1.29, 1.82) is 0 Å². The zero-order chi connectivity index (χ0) is 26.1. The third-order valence-electron chi connectivity index (χ3n) is 7.21. The van der Waals surface area contributed by atoms with Gasteiger partial charge in [-0.1, -0.05) is 134 Å². The summed E-state index contributed by atoms with van der Waals surface area (Å²) in [6, 6.07) is 31.9. The van der Waals surface area contributed by atoms with Gasteiger partial charge in [0, 0.05) is 6.16 Å². The highest BCUT2D eigenvalue weighted by Crippen LogP contribution is 2.62. The molecule has 0 bridgehead atoms. The minimum Gasteiger partial charge on any atom is -0.0911 e. The van der Waals surface area contributed by atoms with Crippen molar-refractivity contribution in [1.82, 2.24) is 0 Å². The van der Waals surface area contributed by atoms with E-state index in [9.17, 15) is 0 Å². The number of hydrogen-bond donors (Lipinski definition) is 0. The Labute approximate surface area is 222 Å². The van der Waals surface area contributed by atoms with Gasteiger partial charge in [-0.3, -0.25) is 0 Å². The largest absolute Gasteiger partial charge is 0.0911 e. The van der Waals surface area contributed by atoms with Crippen LogP contribution in [0.3, 0.4) is 0 Å². The van der Waals surface area contributed by atoms with Gasteiger partial charge in [0.15, 0.2) is 0 Å². The molecule has 4 aromatic rings. The van der Waals surface area contributed by atoms with E-state index in [-0.39, 0.29) is 7.92 Å². The van der Waals surface area contributed by atoms with Crippen molar-refractivity contribution >= 4 is 37.2 Å². The summed E-state index contributed by atoms with van der Waals surface area (Å²) < 4.78 is 0. The Hall–Kier alpha value is -2.00. The maximum absolute atomic E-state index is 2.45. The molecule has 0 nitrogen and oxygen atoms in total. The van der Waals surface area contributed by atoms with Gasteiger partial charge in [0.05, 0.1) is 0 Å². The molecule has 0 amide bonds. The molecule has 0 aliphatic rings. The molecule has 0 heterocycles. The van der Waals surface area contributed by atoms with E-state index < -0.39 is 7.92 Å². The number of aryl methyl sites for hydroxylation is 2. The molecule has 0 fully saturated rings. The Morgan fingerprint density at radius 2 is 1.06 bits per heavy atom. The van der Waals surface area contributed by atoms with Crippen molar-refractivity contribution in [3.05, 3.63) is 107 Å². The predicted octanol–water partition coefficient (Wildman–Crippen LogP) is 9.67. The second-order valence-corrected chi connectivity index (χ2v) is 18.0. The fourth-order valence-electron chi connectivity index (χ4n) is 5.56. The number of benzene rings is 4. The first-order valence-corrected chi connectivity index (χ1v) is 16.2. The highest BCUT2D eigenvalue weighted by atomic mass is 31.1. The predicted molar refractivity (Wildman–Crippen MR) is 166 cm³/mol. The first kappa shape index (κ1) is 27.0. The van der Waals surface area contributed by atoms with Crippen molar-refractivity contribution in [3.63, 3.8) is 0 Å². The van der Waals surface area contributed by atoms with Gasteiger partial charge in [-0.15, -0.1) is 0 Å². The monoisotopic (exact) mass is 512 g/mol. The standard InChI is InChI=1S/C34H42P2/c1-25-15-9-13-19-31(25)35(32-20-14-10-16-26(32)2)23-28-22-21-27-17-11-12-18-29(27)30(28)24-36(33(3,4)5)34(6,7)8/h9-22H,23-24H2,1-8H3. The van der Waals surface area contributed by atoms with Crippen LogP contribution < -0.4 is 10.6 Å². The van der Waals surface area contributed by atoms with E-state index in [4.69, 9.17) is 0 Å². The van der Waals surface area contributed by atoms with Crippen LogP contribution in [0.15, 0.2) is 84.9 Å². The number of rotatable bonds is 6. The Morgan fingerprint density at radius 3 is 1.58 bits per heavy atom. The summed E-state index contributed by atoms with van der Waals surface area (Å²) >= 11 is 0. The molecule has 188 valence electrons. The van der Waals surface area contributed by atoms with Gasteiger partial charge in [0.1, 0.15) is 0 Å². The minimum absolute atomic E-state index is 0.247. The number of fused-ring (bicyclic) bond motifs is 1. The molecule has 0 spiro atoms. The van der Waals surface area contributed by atoms with E-state index in [0.29, 0.717) is 10.3 Å². The van der Waals surface area contributed by atoms with E-state index in [1.807, 2.05) is 0 Å². The van der Waals surface area contributed by atoms with Crippen LogP contribution >= 0.6 is 15.8 Å². The molecule has 4 aromatic carbocycles. The van der Waals surface area contributed by atoms with Crippen LogP contribution in [-0.2, 0) is 12.3 Å². The second kappa shape index (κ2) is 10.8. The normalized spacial score (nSPS) is 12.6. The first-order chi connectivity index (χ1) is 17.0. The lowest BCUT2D eigenvalue weighted by Gasteiger charge is -2.42. The Kier molecular flexibility index (Phi) is 8.10. The van der Waals surface area contributed by atoms with Crippen molar-refractivity contribution < 1.29 is 0 Å². The topological polar surface area (TPSA) is 0 Å². The average Bonchev–Trinajstić information content (AvgIpc) is 2.81. The van der Waals surface area contributed by atoms with E-state index in [0.717, 1.165) is 6.16 Å². The quantitative estimate of drug-likeness (QED) is 0.226. The minimum atomic E-state index is -0.514. The van der Waals surface area contributed by atoms with Gasteiger partial charge in [-0.05, 0) is 81.9 Å². The van der Waals surface area contributed by atoms with Crippen LogP contribution in [0.4, 0.5) is 0 Å². The lowest BCUT2D eigenvalue weighted by molar-refractivity contribution is 0.703. The molecule has 0 saturated heterocycles. The van der Waals surface area contributed by atoms with Crippen molar-refractivity contribution in [2.75, 3.05) is 0 Å². The molecular weight excluding hydrogens is 470 g/mol. The maximum Gasteiger partial charge on any atom is 0.00107 e. The summed E-state index contributed by atoms with van der Waals surface area (Å²) in [4.78, 5) is 0. The molecule has 36 heavy (non-hydrogen) atoms. The molecule has 0 saturated carbocycles. The molecule has 0 aliphatic heterocycles. The summed E-state index contributed by atoms with van der Waals surface area (Å²) in [7, 11) is -0.762. The van der Waals surface area contributed by atoms with Gasteiger partial charge < -0.3 is 0 Å².